The maximum absolute atomic E-state index is 12.9. The third-order valence-corrected chi connectivity index (χ3v) is 3.96. The van der Waals surface area contributed by atoms with E-state index in [0.29, 0.717) is 30.3 Å². The van der Waals surface area contributed by atoms with Crippen LogP contribution >= 0.6 is 0 Å². The van der Waals surface area contributed by atoms with E-state index in [2.05, 4.69) is 10.6 Å². The Balaban J connectivity index is 1.52. The van der Waals surface area contributed by atoms with E-state index in [1.54, 1.807) is 0 Å². The third kappa shape index (κ3) is 4.30. The van der Waals surface area contributed by atoms with Gasteiger partial charge in [0, 0.05) is 5.56 Å². The van der Waals surface area contributed by atoms with E-state index >= 15 is 0 Å². The second-order valence-electron chi connectivity index (χ2n) is 5.88. The SMILES string of the molecule is C[C@@H](NC(=O)CNC(=O)c1ccc(F)cc1)c1ccc2c(c1)OCCO2. The van der Waals surface area contributed by atoms with Gasteiger partial charge in [0.25, 0.3) is 5.91 Å². The zero-order chi connectivity index (χ0) is 18.5. The van der Waals surface area contributed by atoms with Gasteiger partial charge in [0.2, 0.25) is 5.91 Å². The largest absolute Gasteiger partial charge is 0.486 e. The zero-order valence-electron chi connectivity index (χ0n) is 14.3. The molecule has 3 rings (SSSR count). The van der Waals surface area contributed by atoms with E-state index < -0.39 is 11.7 Å². The van der Waals surface area contributed by atoms with Crippen LogP contribution in [0.3, 0.4) is 0 Å². The van der Waals surface area contributed by atoms with Gasteiger partial charge in [-0.1, -0.05) is 6.07 Å². The van der Waals surface area contributed by atoms with E-state index in [0.717, 1.165) is 5.56 Å². The molecule has 0 bridgehead atoms. The number of halogens is 1. The number of amides is 2. The molecule has 2 aromatic carbocycles. The molecule has 1 aliphatic rings. The lowest BCUT2D eigenvalue weighted by atomic mass is 10.1. The molecule has 0 radical (unpaired) electrons. The van der Waals surface area contributed by atoms with Gasteiger partial charge in [0.05, 0.1) is 12.6 Å². The lowest BCUT2D eigenvalue weighted by Crippen LogP contribution is -2.38. The average molecular weight is 358 g/mol. The van der Waals surface area contributed by atoms with Crippen LogP contribution < -0.4 is 20.1 Å². The van der Waals surface area contributed by atoms with Crippen molar-refractivity contribution in [2.24, 2.45) is 0 Å². The highest BCUT2D eigenvalue weighted by molar-refractivity contribution is 5.96. The van der Waals surface area contributed by atoms with Gasteiger partial charge in [-0.15, -0.1) is 0 Å². The van der Waals surface area contributed by atoms with Crippen LogP contribution in [0.4, 0.5) is 4.39 Å². The minimum atomic E-state index is -0.438. The molecular formula is C19H19FN2O4. The van der Waals surface area contributed by atoms with E-state index in [-0.39, 0.29) is 18.5 Å². The number of hydrogen-bond acceptors (Lipinski definition) is 4. The summed E-state index contributed by atoms with van der Waals surface area (Å²) in [7, 11) is 0. The smallest absolute Gasteiger partial charge is 0.251 e. The molecule has 0 aromatic heterocycles. The summed E-state index contributed by atoms with van der Waals surface area (Å²) in [5, 5.41) is 5.32. The Morgan fingerprint density at radius 1 is 1.08 bits per heavy atom. The molecule has 6 nitrogen and oxygen atoms in total. The minimum Gasteiger partial charge on any atom is -0.486 e. The van der Waals surface area contributed by atoms with Crippen molar-refractivity contribution in [3.63, 3.8) is 0 Å². The predicted molar refractivity (Wildman–Crippen MR) is 92.7 cm³/mol. The predicted octanol–water partition coefficient (Wildman–Crippen LogP) is 2.20. The molecule has 0 fully saturated rings. The summed E-state index contributed by atoms with van der Waals surface area (Å²) in [4.78, 5) is 24.0. The number of nitrogens with one attached hydrogen (secondary N) is 2. The molecule has 0 saturated carbocycles. The van der Waals surface area contributed by atoms with Crippen LogP contribution in [0.25, 0.3) is 0 Å². The van der Waals surface area contributed by atoms with Gasteiger partial charge >= 0.3 is 0 Å². The number of ether oxygens (including phenoxy) is 2. The average Bonchev–Trinajstić information content (AvgIpc) is 2.66. The first kappa shape index (κ1) is 17.7. The zero-order valence-corrected chi connectivity index (χ0v) is 14.3. The Labute approximate surface area is 150 Å². The molecule has 2 aromatic rings. The molecule has 0 unspecified atom stereocenters. The molecular weight excluding hydrogens is 339 g/mol. The number of carbonyl (C=O) groups excluding carboxylic acids is 2. The normalized spacial score (nSPS) is 13.6. The number of hydrogen-bond donors (Lipinski definition) is 2. The molecule has 7 heteroatoms. The lowest BCUT2D eigenvalue weighted by molar-refractivity contribution is -0.120. The van der Waals surface area contributed by atoms with Crippen LogP contribution in [0.5, 0.6) is 11.5 Å². The van der Waals surface area contributed by atoms with Crippen LogP contribution in [0.2, 0.25) is 0 Å². The number of benzene rings is 2. The second kappa shape index (κ2) is 7.86. The van der Waals surface area contributed by atoms with Gasteiger partial charge in [-0.2, -0.15) is 0 Å². The highest BCUT2D eigenvalue weighted by atomic mass is 19.1. The highest BCUT2D eigenvalue weighted by Crippen LogP contribution is 2.32. The summed E-state index contributed by atoms with van der Waals surface area (Å²) in [6.45, 7) is 2.68. The van der Waals surface area contributed by atoms with Crippen molar-refractivity contribution in [1.82, 2.24) is 10.6 Å². The fraction of sp³-hybridized carbons (Fsp3) is 0.263. The molecule has 1 heterocycles. The van der Waals surface area contributed by atoms with Crippen LogP contribution in [-0.2, 0) is 4.79 Å². The monoisotopic (exact) mass is 358 g/mol. The van der Waals surface area contributed by atoms with Crippen molar-refractivity contribution in [2.75, 3.05) is 19.8 Å². The molecule has 136 valence electrons. The van der Waals surface area contributed by atoms with Crippen LogP contribution in [-0.4, -0.2) is 31.6 Å². The first-order valence-electron chi connectivity index (χ1n) is 8.25. The fourth-order valence-corrected chi connectivity index (χ4v) is 2.57. The number of rotatable bonds is 5. The minimum absolute atomic E-state index is 0.175. The Morgan fingerprint density at radius 2 is 1.77 bits per heavy atom. The van der Waals surface area contributed by atoms with Crippen LogP contribution in [0.1, 0.15) is 28.9 Å². The lowest BCUT2D eigenvalue weighted by Gasteiger charge is -2.21. The fourth-order valence-electron chi connectivity index (χ4n) is 2.57. The Morgan fingerprint density at radius 3 is 2.50 bits per heavy atom. The van der Waals surface area contributed by atoms with Gasteiger partial charge in [0.15, 0.2) is 11.5 Å². The van der Waals surface area contributed by atoms with E-state index in [9.17, 15) is 14.0 Å². The molecule has 1 aliphatic heterocycles. The first-order chi connectivity index (χ1) is 12.5. The standard InChI is InChI=1S/C19H19FN2O4/c1-12(14-4-7-16-17(10-14)26-9-8-25-16)22-18(23)11-21-19(24)13-2-5-15(20)6-3-13/h2-7,10,12H,8-9,11H2,1H3,(H,21,24)(H,22,23)/t12-/m1/s1. The van der Waals surface area contributed by atoms with E-state index in [1.807, 2.05) is 25.1 Å². The van der Waals surface area contributed by atoms with Crippen molar-refractivity contribution < 1.29 is 23.5 Å². The molecule has 0 aliphatic carbocycles. The summed E-state index contributed by atoms with van der Waals surface area (Å²) < 4.78 is 23.9. The summed E-state index contributed by atoms with van der Waals surface area (Å²) in [5.74, 6) is 0.145. The van der Waals surface area contributed by atoms with Crippen LogP contribution in [0.15, 0.2) is 42.5 Å². The number of carbonyl (C=O) groups is 2. The maximum atomic E-state index is 12.9. The Bertz CT molecular complexity index is 808. The Hall–Kier alpha value is -3.09. The van der Waals surface area contributed by atoms with Crippen molar-refractivity contribution in [2.45, 2.75) is 13.0 Å². The van der Waals surface area contributed by atoms with E-state index in [1.165, 1.54) is 24.3 Å². The second-order valence-corrected chi connectivity index (χ2v) is 5.88. The molecule has 2 amide bonds. The van der Waals surface area contributed by atoms with Crippen molar-refractivity contribution in [3.8, 4) is 11.5 Å². The molecule has 0 spiro atoms. The summed E-state index contributed by atoms with van der Waals surface area (Å²) in [6.07, 6.45) is 0. The first-order valence-corrected chi connectivity index (χ1v) is 8.25. The molecule has 1 atom stereocenters. The third-order valence-electron chi connectivity index (χ3n) is 3.96. The highest BCUT2D eigenvalue weighted by Gasteiger charge is 2.16. The van der Waals surface area contributed by atoms with Crippen molar-refractivity contribution >= 4 is 11.8 Å². The van der Waals surface area contributed by atoms with Crippen molar-refractivity contribution in [3.05, 3.63) is 59.4 Å². The van der Waals surface area contributed by atoms with Gasteiger partial charge < -0.3 is 20.1 Å². The Kier molecular flexibility index (Phi) is 5.36. The topological polar surface area (TPSA) is 76.7 Å². The number of fused-ring (bicyclic) bond motifs is 1. The summed E-state index contributed by atoms with van der Waals surface area (Å²) in [5.41, 5.74) is 1.16. The quantitative estimate of drug-likeness (QED) is 0.859. The maximum Gasteiger partial charge on any atom is 0.251 e. The summed E-state index contributed by atoms with van der Waals surface area (Å²) >= 11 is 0. The molecule has 2 N–H and O–H groups in total. The van der Waals surface area contributed by atoms with Crippen LogP contribution in [0, 0.1) is 5.82 Å². The summed E-state index contributed by atoms with van der Waals surface area (Å²) in [6, 6.07) is 10.3. The van der Waals surface area contributed by atoms with Gasteiger partial charge in [0.1, 0.15) is 19.0 Å². The molecule has 0 saturated heterocycles. The van der Waals surface area contributed by atoms with Gasteiger partial charge in [-0.05, 0) is 48.9 Å². The van der Waals surface area contributed by atoms with Gasteiger partial charge in [-0.25, -0.2) is 4.39 Å². The molecule has 26 heavy (non-hydrogen) atoms. The van der Waals surface area contributed by atoms with Gasteiger partial charge in [-0.3, -0.25) is 9.59 Å². The van der Waals surface area contributed by atoms with Crippen molar-refractivity contribution in [1.29, 1.82) is 0 Å². The van der Waals surface area contributed by atoms with E-state index in [4.69, 9.17) is 9.47 Å².